The van der Waals surface area contributed by atoms with Gasteiger partial charge in [0, 0.05) is 12.1 Å². The van der Waals surface area contributed by atoms with Crippen molar-refractivity contribution in [2.75, 3.05) is 13.2 Å². The number of β-amino-alcohol motifs (C(OH)–C–C–N with tert-alkyl or cyclic N) is 1. The van der Waals surface area contributed by atoms with Crippen molar-refractivity contribution in [3.8, 4) is 0 Å². The predicted octanol–water partition coefficient (Wildman–Crippen LogP) is 1.33. The molecule has 0 bridgehead atoms. The van der Waals surface area contributed by atoms with Crippen LogP contribution in [0, 0.1) is 0 Å². The van der Waals surface area contributed by atoms with Gasteiger partial charge in [-0.1, -0.05) is 48.5 Å². The van der Waals surface area contributed by atoms with Crippen LogP contribution in [0.5, 0.6) is 0 Å². The number of sulfonamides is 1. The molecule has 2 atom stereocenters. The minimum absolute atomic E-state index is 0.0365. The van der Waals surface area contributed by atoms with Gasteiger partial charge in [-0.25, -0.2) is 8.42 Å². The highest BCUT2D eigenvalue weighted by Crippen LogP contribution is 2.37. The van der Waals surface area contributed by atoms with Gasteiger partial charge < -0.3 is 10.2 Å². The van der Waals surface area contributed by atoms with E-state index in [4.69, 9.17) is 0 Å². The molecule has 2 aromatic carbocycles. The molecular formula is C17H19NO4S. The van der Waals surface area contributed by atoms with E-state index in [1.807, 2.05) is 30.3 Å². The summed E-state index contributed by atoms with van der Waals surface area (Å²) < 4.78 is 26.9. The van der Waals surface area contributed by atoms with Gasteiger partial charge in [0.05, 0.1) is 23.6 Å². The third-order valence-electron chi connectivity index (χ3n) is 4.17. The quantitative estimate of drug-likeness (QED) is 0.885. The molecule has 2 N–H and O–H groups in total. The molecule has 0 fully saturated rings. The van der Waals surface area contributed by atoms with Crippen LogP contribution in [-0.2, 0) is 16.4 Å². The van der Waals surface area contributed by atoms with Crippen molar-refractivity contribution in [1.82, 2.24) is 4.31 Å². The van der Waals surface area contributed by atoms with E-state index < -0.39 is 22.2 Å². The smallest absolute Gasteiger partial charge is 0.243 e. The van der Waals surface area contributed by atoms with Crippen LogP contribution in [-0.4, -0.2) is 42.1 Å². The highest BCUT2D eigenvalue weighted by Gasteiger charge is 2.43. The fraction of sp³-hybridized carbons (Fsp3) is 0.294. The van der Waals surface area contributed by atoms with Gasteiger partial charge in [-0.2, -0.15) is 4.31 Å². The average Bonchev–Trinajstić information content (AvgIpc) is 2.57. The second-order valence-electron chi connectivity index (χ2n) is 5.58. The Morgan fingerprint density at radius 3 is 2.35 bits per heavy atom. The van der Waals surface area contributed by atoms with Crippen LogP contribution in [0.4, 0.5) is 0 Å². The van der Waals surface area contributed by atoms with Crippen LogP contribution in [0.2, 0.25) is 0 Å². The predicted molar refractivity (Wildman–Crippen MR) is 86.3 cm³/mol. The van der Waals surface area contributed by atoms with E-state index in [0.717, 1.165) is 5.56 Å². The summed E-state index contributed by atoms with van der Waals surface area (Å²) in [6.07, 6.45) is -0.545. The Kier molecular flexibility index (Phi) is 4.50. The average molecular weight is 333 g/mol. The number of fused-ring (bicyclic) bond motifs is 1. The Morgan fingerprint density at radius 1 is 1.00 bits per heavy atom. The summed E-state index contributed by atoms with van der Waals surface area (Å²) in [7, 11) is -3.73. The molecule has 3 rings (SSSR count). The summed E-state index contributed by atoms with van der Waals surface area (Å²) in [5.41, 5.74) is 1.36. The first-order valence-electron chi connectivity index (χ1n) is 7.49. The normalized spacial score (nSPS) is 23.4. The molecule has 5 nitrogen and oxygen atoms in total. The number of hydrogen-bond acceptors (Lipinski definition) is 4. The second kappa shape index (κ2) is 6.41. The van der Waals surface area contributed by atoms with Gasteiger partial charge in [-0.15, -0.1) is 0 Å². The van der Waals surface area contributed by atoms with Crippen molar-refractivity contribution in [3.05, 3.63) is 65.7 Å². The van der Waals surface area contributed by atoms with E-state index in [1.54, 1.807) is 18.2 Å². The van der Waals surface area contributed by atoms with Gasteiger partial charge in [-0.05, 0) is 18.1 Å². The Bertz CT molecular complexity index is 776. The molecule has 0 spiro atoms. The summed E-state index contributed by atoms with van der Waals surface area (Å²) in [6, 6.07) is 15.3. The SMILES string of the molecule is O=S1(=O)c2ccccc2[C@@H](O)[C@H](Cc2ccccc2)N1CCO. The van der Waals surface area contributed by atoms with Gasteiger partial charge in [0.2, 0.25) is 10.0 Å². The monoisotopic (exact) mass is 333 g/mol. The largest absolute Gasteiger partial charge is 0.395 e. The lowest BCUT2D eigenvalue weighted by molar-refractivity contribution is 0.0725. The van der Waals surface area contributed by atoms with Crippen molar-refractivity contribution in [2.24, 2.45) is 0 Å². The Hall–Kier alpha value is -1.73. The molecule has 2 aromatic rings. The molecule has 6 heteroatoms. The molecule has 0 saturated carbocycles. The summed E-state index contributed by atoms with van der Waals surface area (Å²) in [4.78, 5) is 0.116. The minimum Gasteiger partial charge on any atom is -0.395 e. The second-order valence-corrected chi connectivity index (χ2v) is 7.44. The van der Waals surface area contributed by atoms with E-state index in [2.05, 4.69) is 0 Å². The maximum atomic E-state index is 12.8. The highest BCUT2D eigenvalue weighted by atomic mass is 32.2. The van der Waals surface area contributed by atoms with Crippen LogP contribution in [0.15, 0.2) is 59.5 Å². The zero-order valence-corrected chi connectivity index (χ0v) is 13.4. The molecule has 122 valence electrons. The third-order valence-corrected chi connectivity index (χ3v) is 6.17. The lowest BCUT2D eigenvalue weighted by Crippen LogP contribution is -2.50. The molecule has 0 unspecified atom stereocenters. The zero-order chi connectivity index (χ0) is 16.4. The van der Waals surface area contributed by atoms with Crippen molar-refractivity contribution >= 4 is 10.0 Å². The minimum atomic E-state index is -3.73. The lowest BCUT2D eigenvalue weighted by Gasteiger charge is -2.39. The summed E-state index contributed by atoms with van der Waals surface area (Å²) >= 11 is 0. The van der Waals surface area contributed by atoms with Gasteiger partial charge in [0.25, 0.3) is 0 Å². The molecule has 1 heterocycles. The number of nitrogens with zero attached hydrogens (tertiary/aromatic N) is 1. The summed E-state index contributed by atoms with van der Waals surface area (Å²) in [6.45, 7) is -0.329. The highest BCUT2D eigenvalue weighted by molar-refractivity contribution is 7.89. The van der Waals surface area contributed by atoms with Crippen molar-refractivity contribution in [1.29, 1.82) is 0 Å². The molecule has 0 saturated heterocycles. The molecule has 23 heavy (non-hydrogen) atoms. The zero-order valence-electron chi connectivity index (χ0n) is 12.5. The van der Waals surface area contributed by atoms with E-state index in [0.29, 0.717) is 12.0 Å². The number of aliphatic hydroxyl groups is 2. The van der Waals surface area contributed by atoms with Crippen molar-refractivity contribution in [2.45, 2.75) is 23.5 Å². The number of benzene rings is 2. The summed E-state index contributed by atoms with van der Waals surface area (Å²) in [5.74, 6) is 0. The van der Waals surface area contributed by atoms with Gasteiger partial charge >= 0.3 is 0 Å². The summed E-state index contributed by atoms with van der Waals surface area (Å²) in [5, 5.41) is 20.0. The number of hydrogen-bond donors (Lipinski definition) is 2. The van der Waals surface area contributed by atoms with E-state index in [9.17, 15) is 18.6 Å². The van der Waals surface area contributed by atoms with E-state index >= 15 is 0 Å². The fourth-order valence-electron chi connectivity index (χ4n) is 3.08. The maximum absolute atomic E-state index is 12.8. The standard InChI is InChI=1S/C17H19NO4S/c19-11-10-18-15(12-13-6-2-1-3-7-13)17(20)14-8-4-5-9-16(14)23(18,21)22/h1-9,15,17,19-20H,10-12H2/t15-,17+/m0/s1. The number of rotatable bonds is 4. The van der Waals surface area contributed by atoms with Crippen LogP contribution >= 0.6 is 0 Å². The first-order valence-corrected chi connectivity index (χ1v) is 8.93. The van der Waals surface area contributed by atoms with E-state index in [1.165, 1.54) is 10.4 Å². The van der Waals surface area contributed by atoms with Gasteiger partial charge in [0.15, 0.2) is 0 Å². The maximum Gasteiger partial charge on any atom is 0.243 e. The lowest BCUT2D eigenvalue weighted by atomic mass is 9.95. The molecule has 0 radical (unpaired) electrons. The van der Waals surface area contributed by atoms with Crippen LogP contribution in [0.1, 0.15) is 17.2 Å². The molecule has 0 amide bonds. The molecule has 0 aliphatic carbocycles. The van der Waals surface area contributed by atoms with Crippen LogP contribution in [0.25, 0.3) is 0 Å². The number of aliphatic hydroxyl groups excluding tert-OH is 2. The first kappa shape index (κ1) is 16.1. The fourth-order valence-corrected chi connectivity index (χ4v) is 4.94. The van der Waals surface area contributed by atoms with Crippen molar-refractivity contribution in [3.63, 3.8) is 0 Å². The third kappa shape index (κ3) is 2.90. The molecule has 1 aliphatic rings. The Balaban J connectivity index is 2.07. The van der Waals surface area contributed by atoms with Gasteiger partial charge in [-0.3, -0.25) is 0 Å². The topological polar surface area (TPSA) is 77.8 Å². The van der Waals surface area contributed by atoms with E-state index in [-0.39, 0.29) is 18.0 Å². The first-order chi connectivity index (χ1) is 11.1. The van der Waals surface area contributed by atoms with Crippen molar-refractivity contribution < 1.29 is 18.6 Å². The van der Waals surface area contributed by atoms with Gasteiger partial charge in [0.1, 0.15) is 0 Å². The van der Waals surface area contributed by atoms with Crippen LogP contribution in [0.3, 0.4) is 0 Å². The Morgan fingerprint density at radius 2 is 1.65 bits per heavy atom. The molecular weight excluding hydrogens is 314 g/mol. The van der Waals surface area contributed by atoms with Crippen LogP contribution < -0.4 is 0 Å². The molecule has 0 aromatic heterocycles. The molecule has 1 aliphatic heterocycles. The Labute approximate surface area is 135 Å².